The third-order valence-corrected chi connectivity index (χ3v) is 3.03. The smallest absolute Gasteiger partial charge is 0.348 e. The maximum atomic E-state index is 11.3. The van der Waals surface area contributed by atoms with Crippen molar-refractivity contribution in [1.82, 2.24) is 19.6 Å². The molecular formula is C11H18N6O. The monoisotopic (exact) mass is 250 g/mol. The van der Waals surface area contributed by atoms with Gasteiger partial charge in [0, 0.05) is 12.6 Å². The number of hydrogen-bond donors (Lipinski definition) is 3. The molecule has 0 fully saturated rings. The Morgan fingerprint density at radius 3 is 3.17 bits per heavy atom. The topological polar surface area (TPSA) is 101 Å². The molecule has 7 nitrogen and oxygen atoms in total. The fraction of sp³-hybridized carbons (Fsp3) is 0.545. The number of nitrogens with two attached hydrogens (primary N) is 1. The first kappa shape index (κ1) is 12.6. The molecule has 7 heteroatoms. The molecule has 0 aromatic carbocycles. The Bertz CT molecular complexity index is 560. The van der Waals surface area contributed by atoms with Crippen LogP contribution in [0.4, 0.5) is 5.82 Å². The summed E-state index contributed by atoms with van der Waals surface area (Å²) in [6, 6.07) is 1.74. The number of nitrogens with one attached hydrogen (secondary N) is 2. The molecule has 2 aromatic heterocycles. The van der Waals surface area contributed by atoms with Gasteiger partial charge in [-0.25, -0.2) is 19.3 Å². The highest BCUT2D eigenvalue weighted by molar-refractivity contribution is 5.48. The number of anilines is 1. The molecule has 0 saturated heterocycles. The second-order valence-electron chi connectivity index (χ2n) is 4.26. The van der Waals surface area contributed by atoms with Gasteiger partial charge in [-0.2, -0.15) is 5.10 Å². The molecule has 0 saturated carbocycles. The zero-order chi connectivity index (χ0) is 13.0. The van der Waals surface area contributed by atoms with Crippen LogP contribution in [-0.2, 0) is 0 Å². The van der Waals surface area contributed by atoms with Crippen LogP contribution in [0.3, 0.4) is 0 Å². The highest BCUT2D eigenvalue weighted by Crippen LogP contribution is 2.10. The standard InChI is InChI=1S/C11H18N6O/c1-2-8(3-4-12)6-13-9-5-10-15-16-11(18)17(10)7-14-9/h5,7-8,13H,2-4,6,12H2,1H3,(H,16,18). The summed E-state index contributed by atoms with van der Waals surface area (Å²) < 4.78 is 1.36. The van der Waals surface area contributed by atoms with E-state index >= 15 is 0 Å². The van der Waals surface area contributed by atoms with Crippen LogP contribution < -0.4 is 16.7 Å². The molecule has 0 radical (unpaired) electrons. The third-order valence-electron chi connectivity index (χ3n) is 3.03. The lowest BCUT2D eigenvalue weighted by molar-refractivity contribution is 0.501. The normalized spacial score (nSPS) is 12.8. The Morgan fingerprint density at radius 1 is 1.61 bits per heavy atom. The number of aromatic amines is 1. The molecule has 4 N–H and O–H groups in total. The van der Waals surface area contributed by atoms with Crippen molar-refractivity contribution < 1.29 is 0 Å². The lowest BCUT2D eigenvalue weighted by atomic mass is 10.0. The van der Waals surface area contributed by atoms with Crippen molar-refractivity contribution in [1.29, 1.82) is 0 Å². The molecule has 18 heavy (non-hydrogen) atoms. The summed E-state index contributed by atoms with van der Waals surface area (Å²) in [5.74, 6) is 1.26. The zero-order valence-corrected chi connectivity index (χ0v) is 10.4. The molecule has 2 heterocycles. The summed E-state index contributed by atoms with van der Waals surface area (Å²) in [5, 5.41) is 9.51. The Kier molecular flexibility index (Phi) is 3.93. The molecule has 2 rings (SSSR count). The van der Waals surface area contributed by atoms with E-state index in [1.54, 1.807) is 6.07 Å². The number of hydrogen-bond acceptors (Lipinski definition) is 5. The zero-order valence-electron chi connectivity index (χ0n) is 10.4. The van der Waals surface area contributed by atoms with E-state index in [-0.39, 0.29) is 5.69 Å². The van der Waals surface area contributed by atoms with E-state index in [1.807, 2.05) is 0 Å². The number of aromatic nitrogens is 4. The van der Waals surface area contributed by atoms with Gasteiger partial charge in [-0.3, -0.25) is 0 Å². The Balaban J connectivity index is 2.05. The molecule has 1 unspecified atom stereocenters. The molecule has 1 atom stereocenters. The van der Waals surface area contributed by atoms with Crippen molar-refractivity contribution in [3.63, 3.8) is 0 Å². The highest BCUT2D eigenvalue weighted by atomic mass is 16.1. The van der Waals surface area contributed by atoms with E-state index in [1.165, 1.54) is 10.7 Å². The Hall–Kier alpha value is -1.89. The van der Waals surface area contributed by atoms with Gasteiger partial charge in [0.25, 0.3) is 0 Å². The lowest BCUT2D eigenvalue weighted by Crippen LogP contribution is -2.18. The first-order valence-electron chi connectivity index (χ1n) is 6.11. The lowest BCUT2D eigenvalue weighted by Gasteiger charge is -2.14. The number of H-pyrrole nitrogens is 1. The molecule has 98 valence electrons. The van der Waals surface area contributed by atoms with Gasteiger partial charge in [-0.05, 0) is 18.9 Å². The molecule has 2 aromatic rings. The van der Waals surface area contributed by atoms with Crippen LogP contribution in [0.5, 0.6) is 0 Å². The van der Waals surface area contributed by atoms with Crippen LogP contribution in [0.15, 0.2) is 17.2 Å². The van der Waals surface area contributed by atoms with Crippen molar-refractivity contribution in [3.8, 4) is 0 Å². The van der Waals surface area contributed by atoms with Crippen LogP contribution in [0.25, 0.3) is 5.65 Å². The first-order valence-corrected chi connectivity index (χ1v) is 6.11. The van der Waals surface area contributed by atoms with Crippen molar-refractivity contribution in [2.45, 2.75) is 19.8 Å². The van der Waals surface area contributed by atoms with E-state index < -0.39 is 0 Å². The quantitative estimate of drug-likeness (QED) is 0.680. The van der Waals surface area contributed by atoms with Gasteiger partial charge in [-0.1, -0.05) is 13.3 Å². The van der Waals surface area contributed by atoms with E-state index in [9.17, 15) is 4.79 Å². The largest absolute Gasteiger partial charge is 0.370 e. The molecule has 0 bridgehead atoms. The molecule has 0 amide bonds. The van der Waals surface area contributed by atoms with Crippen molar-refractivity contribution in [2.75, 3.05) is 18.4 Å². The van der Waals surface area contributed by atoms with Crippen LogP contribution >= 0.6 is 0 Å². The van der Waals surface area contributed by atoms with Crippen LogP contribution in [0.2, 0.25) is 0 Å². The van der Waals surface area contributed by atoms with Crippen LogP contribution in [0, 0.1) is 5.92 Å². The Morgan fingerprint density at radius 2 is 2.44 bits per heavy atom. The van der Waals surface area contributed by atoms with Crippen molar-refractivity contribution in [2.24, 2.45) is 11.7 Å². The van der Waals surface area contributed by atoms with Gasteiger partial charge in [0.15, 0.2) is 5.65 Å². The average Bonchev–Trinajstić information content (AvgIpc) is 2.76. The molecule has 0 aliphatic rings. The fourth-order valence-electron chi connectivity index (χ4n) is 1.84. The predicted octanol–water partition coefficient (Wildman–Crippen LogP) is 0.205. The summed E-state index contributed by atoms with van der Waals surface area (Å²) in [4.78, 5) is 15.4. The van der Waals surface area contributed by atoms with Gasteiger partial charge in [0.2, 0.25) is 0 Å². The minimum atomic E-state index is -0.279. The first-order chi connectivity index (χ1) is 8.74. The second-order valence-corrected chi connectivity index (χ2v) is 4.26. The van der Waals surface area contributed by atoms with Gasteiger partial charge >= 0.3 is 5.69 Å². The predicted molar refractivity (Wildman–Crippen MR) is 69.5 cm³/mol. The summed E-state index contributed by atoms with van der Waals surface area (Å²) in [7, 11) is 0. The number of rotatable bonds is 6. The van der Waals surface area contributed by atoms with Crippen LogP contribution in [0.1, 0.15) is 19.8 Å². The Labute approximate surface area is 104 Å². The van der Waals surface area contributed by atoms with Crippen LogP contribution in [-0.4, -0.2) is 32.7 Å². The third kappa shape index (κ3) is 2.67. The van der Waals surface area contributed by atoms with Gasteiger partial charge in [0.05, 0.1) is 0 Å². The van der Waals surface area contributed by atoms with E-state index in [0.29, 0.717) is 18.1 Å². The summed E-state index contributed by atoms with van der Waals surface area (Å²) >= 11 is 0. The van der Waals surface area contributed by atoms with Gasteiger partial charge in [0.1, 0.15) is 12.1 Å². The van der Waals surface area contributed by atoms with E-state index in [2.05, 4.69) is 27.4 Å². The fourth-order valence-corrected chi connectivity index (χ4v) is 1.84. The summed E-state index contributed by atoms with van der Waals surface area (Å²) in [6.07, 6.45) is 3.54. The summed E-state index contributed by atoms with van der Waals surface area (Å²) in [5.41, 5.74) is 5.84. The van der Waals surface area contributed by atoms with E-state index in [0.717, 1.165) is 25.2 Å². The number of fused-ring (bicyclic) bond motifs is 1. The highest BCUT2D eigenvalue weighted by Gasteiger charge is 2.06. The molecule has 0 aliphatic carbocycles. The SMILES string of the molecule is CCC(CCN)CNc1cc2n[nH]c(=O)n2cn1. The van der Waals surface area contributed by atoms with Crippen molar-refractivity contribution in [3.05, 3.63) is 22.9 Å². The molecular weight excluding hydrogens is 232 g/mol. The molecule has 0 aliphatic heterocycles. The second kappa shape index (κ2) is 5.63. The minimum Gasteiger partial charge on any atom is -0.370 e. The average molecular weight is 250 g/mol. The number of nitrogens with zero attached hydrogens (tertiary/aromatic N) is 3. The minimum absolute atomic E-state index is 0.279. The van der Waals surface area contributed by atoms with Crippen molar-refractivity contribution >= 4 is 11.5 Å². The maximum Gasteiger partial charge on any atom is 0.348 e. The maximum absolute atomic E-state index is 11.3. The van der Waals surface area contributed by atoms with Gasteiger partial charge < -0.3 is 11.1 Å². The molecule has 0 spiro atoms. The summed E-state index contributed by atoms with van der Waals surface area (Å²) in [6.45, 7) is 3.67. The van der Waals surface area contributed by atoms with E-state index in [4.69, 9.17) is 5.73 Å². The van der Waals surface area contributed by atoms with Gasteiger partial charge in [-0.15, -0.1) is 0 Å².